The van der Waals surface area contributed by atoms with Gasteiger partial charge in [0.25, 0.3) is 0 Å². The van der Waals surface area contributed by atoms with E-state index in [4.69, 9.17) is 4.74 Å². The van der Waals surface area contributed by atoms with E-state index in [-0.39, 0.29) is 12.1 Å². The average molecular weight is 284 g/mol. The van der Waals surface area contributed by atoms with Crippen molar-refractivity contribution < 1.29 is 13.2 Å². The molecule has 0 aliphatic heterocycles. The number of hydrogen-bond acceptors (Lipinski definition) is 4. The molecule has 1 aromatic rings. The lowest BCUT2D eigenvalue weighted by Gasteiger charge is -2.35. The van der Waals surface area contributed by atoms with Crippen LogP contribution >= 0.6 is 0 Å². The van der Waals surface area contributed by atoms with E-state index in [1.165, 1.54) is 0 Å². The van der Waals surface area contributed by atoms with Crippen LogP contribution in [-0.2, 0) is 14.8 Å². The summed E-state index contributed by atoms with van der Waals surface area (Å²) in [6.45, 7) is 2.15. The molecule has 0 heterocycles. The Balaban J connectivity index is 2.13. The highest BCUT2D eigenvalue weighted by Gasteiger charge is 2.30. The van der Waals surface area contributed by atoms with Gasteiger partial charge in [-0.3, -0.25) is 0 Å². The van der Waals surface area contributed by atoms with Crippen LogP contribution in [0.15, 0.2) is 29.2 Å². The van der Waals surface area contributed by atoms with Crippen LogP contribution in [0, 0.1) is 0 Å². The van der Waals surface area contributed by atoms with Crippen molar-refractivity contribution in [2.45, 2.75) is 36.8 Å². The largest absolute Gasteiger partial charge is 0.381 e. The van der Waals surface area contributed by atoms with Crippen LogP contribution in [0.3, 0.4) is 0 Å². The molecule has 0 unspecified atom stereocenters. The van der Waals surface area contributed by atoms with Crippen molar-refractivity contribution >= 4 is 15.7 Å². The Morgan fingerprint density at radius 3 is 2.63 bits per heavy atom. The summed E-state index contributed by atoms with van der Waals surface area (Å²) >= 11 is 0. The van der Waals surface area contributed by atoms with Gasteiger partial charge in [-0.15, -0.1) is 0 Å². The molecule has 19 heavy (non-hydrogen) atoms. The Bertz CT molecular complexity index is 524. The van der Waals surface area contributed by atoms with Crippen molar-refractivity contribution in [2.75, 3.05) is 19.0 Å². The van der Waals surface area contributed by atoms with Crippen LogP contribution < -0.4 is 10.0 Å². The van der Waals surface area contributed by atoms with E-state index >= 15 is 0 Å². The molecule has 6 heteroatoms. The number of hydrogen-bond donors (Lipinski definition) is 2. The van der Waals surface area contributed by atoms with E-state index in [1.54, 1.807) is 32.2 Å². The molecule has 1 aliphatic rings. The number of nitrogens with one attached hydrogen (secondary N) is 2. The van der Waals surface area contributed by atoms with Gasteiger partial charge in [0.15, 0.2) is 0 Å². The number of ether oxygens (including phenoxy) is 1. The van der Waals surface area contributed by atoms with Gasteiger partial charge >= 0.3 is 0 Å². The summed E-state index contributed by atoms with van der Waals surface area (Å²) in [6.07, 6.45) is 2.10. The molecule has 0 amide bonds. The minimum absolute atomic E-state index is 0.280. The second-order valence-electron chi connectivity index (χ2n) is 4.67. The van der Waals surface area contributed by atoms with Crippen molar-refractivity contribution in [3.63, 3.8) is 0 Å². The van der Waals surface area contributed by atoms with Gasteiger partial charge in [-0.05, 0) is 25.0 Å². The summed E-state index contributed by atoms with van der Waals surface area (Å²) < 4.78 is 31.9. The molecule has 2 rings (SSSR count). The van der Waals surface area contributed by atoms with Gasteiger partial charge in [0.1, 0.15) is 4.90 Å². The standard InChI is InChI=1S/C13H20N2O3S/c1-3-14-19(16,17)13-7-5-4-6-12(13)15-10-8-11(9-10)18-2/h4-7,10-11,14-15H,3,8-9H2,1-2H3. The number of sulfonamides is 1. The summed E-state index contributed by atoms with van der Waals surface area (Å²) in [5, 5.41) is 3.28. The quantitative estimate of drug-likeness (QED) is 0.832. The van der Waals surface area contributed by atoms with Crippen molar-refractivity contribution in [1.29, 1.82) is 0 Å². The minimum atomic E-state index is -3.43. The predicted molar refractivity (Wildman–Crippen MR) is 74.7 cm³/mol. The predicted octanol–water partition coefficient (Wildman–Crippen LogP) is 1.57. The summed E-state index contributed by atoms with van der Waals surface area (Å²) in [4.78, 5) is 0.303. The van der Waals surface area contributed by atoms with Gasteiger partial charge in [-0.2, -0.15) is 0 Å². The Hall–Kier alpha value is -1.11. The molecule has 0 atom stereocenters. The molecule has 0 bridgehead atoms. The molecule has 0 spiro atoms. The highest BCUT2D eigenvalue weighted by molar-refractivity contribution is 7.89. The summed E-state index contributed by atoms with van der Waals surface area (Å²) in [7, 11) is -1.73. The first-order valence-corrected chi connectivity index (χ1v) is 7.93. The average Bonchev–Trinajstić information content (AvgIpc) is 2.33. The molecule has 106 valence electrons. The van der Waals surface area contributed by atoms with E-state index in [9.17, 15) is 8.42 Å². The van der Waals surface area contributed by atoms with Gasteiger partial charge in [-0.25, -0.2) is 13.1 Å². The first-order chi connectivity index (χ1) is 9.06. The Labute approximate surface area is 114 Å². The molecule has 1 aromatic carbocycles. The lowest BCUT2D eigenvalue weighted by molar-refractivity contribution is 0.0328. The second kappa shape index (κ2) is 5.90. The summed E-state index contributed by atoms with van der Waals surface area (Å²) in [6, 6.07) is 7.26. The van der Waals surface area contributed by atoms with Crippen molar-refractivity contribution in [3.8, 4) is 0 Å². The molecule has 5 nitrogen and oxygen atoms in total. The molecule has 1 saturated carbocycles. The number of para-hydroxylation sites is 1. The zero-order chi connectivity index (χ0) is 13.9. The number of rotatable bonds is 6. The third-order valence-electron chi connectivity index (χ3n) is 3.30. The van der Waals surface area contributed by atoms with E-state index < -0.39 is 10.0 Å². The molecular formula is C13H20N2O3S. The molecule has 0 aromatic heterocycles. The maximum Gasteiger partial charge on any atom is 0.242 e. The van der Waals surface area contributed by atoms with Crippen LogP contribution in [0.25, 0.3) is 0 Å². The maximum atomic E-state index is 12.1. The van der Waals surface area contributed by atoms with Crippen molar-refractivity contribution in [3.05, 3.63) is 24.3 Å². The van der Waals surface area contributed by atoms with Gasteiger partial charge in [-0.1, -0.05) is 19.1 Å². The zero-order valence-electron chi connectivity index (χ0n) is 11.2. The SMILES string of the molecule is CCNS(=O)(=O)c1ccccc1NC1CC(OC)C1. The van der Waals surface area contributed by atoms with Gasteiger partial charge in [0, 0.05) is 19.7 Å². The van der Waals surface area contributed by atoms with E-state index in [0.717, 1.165) is 12.8 Å². The van der Waals surface area contributed by atoms with Crippen LogP contribution in [-0.4, -0.2) is 34.2 Å². The van der Waals surface area contributed by atoms with Crippen LogP contribution in [0.5, 0.6) is 0 Å². The smallest absolute Gasteiger partial charge is 0.242 e. The molecule has 0 saturated heterocycles. The van der Waals surface area contributed by atoms with Crippen LogP contribution in [0.4, 0.5) is 5.69 Å². The number of anilines is 1. The maximum absolute atomic E-state index is 12.1. The van der Waals surface area contributed by atoms with Crippen molar-refractivity contribution in [2.24, 2.45) is 0 Å². The summed E-state index contributed by atoms with van der Waals surface area (Å²) in [5.41, 5.74) is 0.656. The zero-order valence-corrected chi connectivity index (χ0v) is 12.0. The first-order valence-electron chi connectivity index (χ1n) is 6.45. The first kappa shape index (κ1) is 14.3. The Morgan fingerprint density at radius 2 is 2.00 bits per heavy atom. The third kappa shape index (κ3) is 3.26. The van der Waals surface area contributed by atoms with Gasteiger partial charge < -0.3 is 10.1 Å². The number of benzene rings is 1. The molecule has 1 aliphatic carbocycles. The van der Waals surface area contributed by atoms with E-state index in [0.29, 0.717) is 17.1 Å². The van der Waals surface area contributed by atoms with Gasteiger partial charge in [0.05, 0.1) is 11.8 Å². The third-order valence-corrected chi connectivity index (χ3v) is 4.90. The fourth-order valence-electron chi connectivity index (χ4n) is 2.18. The number of methoxy groups -OCH3 is 1. The van der Waals surface area contributed by atoms with Crippen LogP contribution in [0.2, 0.25) is 0 Å². The topological polar surface area (TPSA) is 67.4 Å². The van der Waals surface area contributed by atoms with E-state index in [2.05, 4.69) is 10.0 Å². The normalized spacial score (nSPS) is 22.8. The molecule has 2 N–H and O–H groups in total. The second-order valence-corrected chi connectivity index (χ2v) is 6.40. The van der Waals surface area contributed by atoms with Gasteiger partial charge in [0.2, 0.25) is 10.0 Å². The Morgan fingerprint density at radius 1 is 1.32 bits per heavy atom. The van der Waals surface area contributed by atoms with Crippen molar-refractivity contribution in [1.82, 2.24) is 4.72 Å². The highest BCUT2D eigenvalue weighted by Crippen LogP contribution is 2.29. The highest BCUT2D eigenvalue weighted by atomic mass is 32.2. The molecular weight excluding hydrogens is 264 g/mol. The fraction of sp³-hybridized carbons (Fsp3) is 0.538. The van der Waals surface area contributed by atoms with Crippen LogP contribution in [0.1, 0.15) is 19.8 Å². The lowest BCUT2D eigenvalue weighted by Crippen LogP contribution is -2.40. The fourth-order valence-corrected chi connectivity index (χ4v) is 3.39. The molecule has 0 radical (unpaired) electrons. The van der Waals surface area contributed by atoms with E-state index in [1.807, 2.05) is 6.07 Å². The summed E-state index contributed by atoms with van der Waals surface area (Å²) in [5.74, 6) is 0. The monoisotopic (exact) mass is 284 g/mol. The lowest BCUT2D eigenvalue weighted by atomic mass is 9.89. The molecule has 1 fully saturated rings. The Kier molecular flexibility index (Phi) is 4.44. The minimum Gasteiger partial charge on any atom is -0.381 e.